The van der Waals surface area contributed by atoms with Crippen LogP contribution in [0.3, 0.4) is 0 Å². The summed E-state index contributed by atoms with van der Waals surface area (Å²) in [7, 11) is -3.25. The normalized spacial score (nSPS) is 11.2. The van der Waals surface area contributed by atoms with Crippen LogP contribution in [-0.2, 0) is 21.2 Å². The first-order valence-corrected chi connectivity index (χ1v) is 5.95. The molecule has 0 bridgehead atoms. The van der Waals surface area contributed by atoms with Crippen molar-refractivity contribution in [3.05, 3.63) is 18.0 Å². The minimum absolute atomic E-state index is 0.283. The van der Waals surface area contributed by atoms with Crippen LogP contribution in [0.25, 0.3) is 0 Å². The first-order chi connectivity index (χ1) is 6.47. The molecule has 0 aromatic carbocycles. The second kappa shape index (κ2) is 4.23. The Labute approximate surface area is 81.6 Å². The fraction of sp³-hybridized carbons (Fsp3) is 0.429. The third-order valence-electron chi connectivity index (χ3n) is 1.44. The molecular formula is C7H11N3O3S. The average molecular weight is 217 g/mol. The minimum Gasteiger partial charge on any atom is -0.351 e. The van der Waals surface area contributed by atoms with Crippen LogP contribution < -0.4 is 5.32 Å². The SMILES string of the molecule is CS(=O)(=O)CC(=O)NCc1cn[nH]c1. The van der Waals surface area contributed by atoms with Gasteiger partial charge < -0.3 is 5.32 Å². The van der Waals surface area contributed by atoms with Gasteiger partial charge in [-0.15, -0.1) is 0 Å². The van der Waals surface area contributed by atoms with E-state index in [1.807, 2.05) is 0 Å². The molecule has 0 aliphatic carbocycles. The molecule has 2 N–H and O–H groups in total. The molecule has 0 saturated carbocycles. The van der Waals surface area contributed by atoms with Gasteiger partial charge in [-0.1, -0.05) is 0 Å². The quantitative estimate of drug-likeness (QED) is 0.681. The second-order valence-electron chi connectivity index (χ2n) is 2.95. The average Bonchev–Trinajstić information content (AvgIpc) is 2.49. The Kier molecular flexibility index (Phi) is 3.23. The van der Waals surface area contributed by atoms with Crippen molar-refractivity contribution in [2.45, 2.75) is 6.54 Å². The van der Waals surface area contributed by atoms with Crippen molar-refractivity contribution < 1.29 is 13.2 Å². The van der Waals surface area contributed by atoms with Crippen LogP contribution in [0, 0.1) is 0 Å². The highest BCUT2D eigenvalue weighted by atomic mass is 32.2. The summed E-state index contributed by atoms with van der Waals surface area (Å²) in [5, 5.41) is 8.73. The number of amides is 1. The standard InChI is InChI=1S/C7H11N3O3S/c1-14(12,13)5-7(11)8-2-6-3-9-10-4-6/h3-4H,2,5H2,1H3,(H,8,11)(H,9,10). The van der Waals surface area contributed by atoms with Gasteiger partial charge >= 0.3 is 0 Å². The number of nitrogens with one attached hydrogen (secondary N) is 2. The van der Waals surface area contributed by atoms with Crippen LogP contribution in [0.15, 0.2) is 12.4 Å². The molecule has 0 atom stereocenters. The van der Waals surface area contributed by atoms with E-state index in [-0.39, 0.29) is 6.54 Å². The third kappa shape index (κ3) is 4.04. The molecule has 0 aliphatic heterocycles. The first kappa shape index (κ1) is 10.7. The molecule has 1 aromatic heterocycles. The maximum atomic E-state index is 11.0. The Morgan fingerprint density at radius 3 is 2.86 bits per heavy atom. The molecule has 1 heterocycles. The molecule has 6 nitrogen and oxygen atoms in total. The van der Waals surface area contributed by atoms with Crippen LogP contribution in [0.4, 0.5) is 0 Å². The summed E-state index contributed by atoms with van der Waals surface area (Å²) >= 11 is 0. The Morgan fingerprint density at radius 1 is 1.64 bits per heavy atom. The van der Waals surface area contributed by atoms with Gasteiger partial charge in [-0.2, -0.15) is 5.10 Å². The zero-order valence-corrected chi connectivity index (χ0v) is 8.47. The van der Waals surface area contributed by atoms with E-state index < -0.39 is 21.5 Å². The van der Waals surface area contributed by atoms with Crippen molar-refractivity contribution in [2.75, 3.05) is 12.0 Å². The molecule has 1 aromatic rings. The lowest BCUT2D eigenvalue weighted by atomic mass is 10.3. The number of hydrogen-bond donors (Lipinski definition) is 2. The lowest BCUT2D eigenvalue weighted by molar-refractivity contribution is -0.118. The van der Waals surface area contributed by atoms with E-state index in [2.05, 4.69) is 15.5 Å². The van der Waals surface area contributed by atoms with Crippen molar-refractivity contribution in [1.82, 2.24) is 15.5 Å². The number of rotatable bonds is 4. The predicted octanol–water partition coefficient (Wildman–Crippen LogP) is -0.929. The molecule has 0 aliphatic rings. The molecule has 0 unspecified atom stereocenters. The summed E-state index contributed by atoms with van der Waals surface area (Å²) < 4.78 is 21.4. The highest BCUT2D eigenvalue weighted by molar-refractivity contribution is 7.91. The highest BCUT2D eigenvalue weighted by Gasteiger charge is 2.09. The highest BCUT2D eigenvalue weighted by Crippen LogP contribution is 1.92. The second-order valence-corrected chi connectivity index (χ2v) is 5.09. The van der Waals surface area contributed by atoms with Gasteiger partial charge in [0, 0.05) is 24.6 Å². The molecule has 7 heteroatoms. The molecular weight excluding hydrogens is 206 g/mol. The summed E-state index contributed by atoms with van der Waals surface area (Å²) in [6.07, 6.45) is 4.20. The van der Waals surface area contributed by atoms with E-state index in [1.165, 1.54) is 0 Å². The monoisotopic (exact) mass is 217 g/mol. The smallest absolute Gasteiger partial charge is 0.235 e. The molecule has 78 valence electrons. The molecule has 0 radical (unpaired) electrons. The zero-order chi connectivity index (χ0) is 10.6. The van der Waals surface area contributed by atoms with Gasteiger partial charge in [0.25, 0.3) is 0 Å². The van der Waals surface area contributed by atoms with Crippen LogP contribution in [-0.4, -0.2) is 36.5 Å². The Balaban J connectivity index is 2.36. The van der Waals surface area contributed by atoms with Gasteiger partial charge in [-0.05, 0) is 0 Å². The Bertz CT molecular complexity index is 396. The van der Waals surface area contributed by atoms with Gasteiger partial charge in [-0.3, -0.25) is 9.89 Å². The van der Waals surface area contributed by atoms with Crippen LogP contribution >= 0.6 is 0 Å². The number of aromatic amines is 1. The van der Waals surface area contributed by atoms with Gasteiger partial charge in [0.2, 0.25) is 5.91 Å². The predicted molar refractivity (Wildman–Crippen MR) is 50.1 cm³/mol. The van der Waals surface area contributed by atoms with E-state index in [1.54, 1.807) is 12.4 Å². The zero-order valence-electron chi connectivity index (χ0n) is 7.65. The van der Waals surface area contributed by atoms with Gasteiger partial charge in [0.15, 0.2) is 9.84 Å². The number of carbonyl (C=O) groups is 1. The van der Waals surface area contributed by atoms with Crippen LogP contribution in [0.1, 0.15) is 5.56 Å². The number of H-pyrrole nitrogens is 1. The van der Waals surface area contributed by atoms with Crippen molar-refractivity contribution in [3.63, 3.8) is 0 Å². The fourth-order valence-electron chi connectivity index (χ4n) is 0.864. The molecule has 0 saturated heterocycles. The summed E-state index contributed by atoms with van der Waals surface area (Å²) in [5.74, 6) is -0.987. The fourth-order valence-corrected chi connectivity index (χ4v) is 1.44. The van der Waals surface area contributed by atoms with E-state index >= 15 is 0 Å². The number of carbonyl (C=O) groups excluding carboxylic acids is 1. The largest absolute Gasteiger partial charge is 0.351 e. The topological polar surface area (TPSA) is 91.9 Å². The number of sulfone groups is 1. The number of hydrogen-bond acceptors (Lipinski definition) is 4. The molecule has 0 spiro atoms. The van der Waals surface area contributed by atoms with Crippen molar-refractivity contribution in [2.24, 2.45) is 0 Å². The Hall–Kier alpha value is -1.37. The minimum atomic E-state index is -3.25. The summed E-state index contributed by atoms with van der Waals surface area (Å²) in [5.41, 5.74) is 0.798. The lowest BCUT2D eigenvalue weighted by Crippen LogP contribution is -2.29. The van der Waals surface area contributed by atoms with Crippen molar-refractivity contribution >= 4 is 15.7 Å². The molecule has 14 heavy (non-hydrogen) atoms. The maximum Gasteiger partial charge on any atom is 0.235 e. The van der Waals surface area contributed by atoms with E-state index in [4.69, 9.17) is 0 Å². The maximum absolute atomic E-state index is 11.0. The van der Waals surface area contributed by atoms with Gasteiger partial charge in [0.05, 0.1) is 6.20 Å². The van der Waals surface area contributed by atoms with Crippen LogP contribution in [0.2, 0.25) is 0 Å². The van der Waals surface area contributed by atoms with Gasteiger partial charge in [-0.25, -0.2) is 8.42 Å². The summed E-state index contributed by atoms with van der Waals surface area (Å²) in [6, 6.07) is 0. The summed E-state index contributed by atoms with van der Waals surface area (Å²) in [6.45, 7) is 0.283. The molecule has 1 amide bonds. The van der Waals surface area contributed by atoms with Crippen molar-refractivity contribution in [1.29, 1.82) is 0 Å². The van der Waals surface area contributed by atoms with Crippen molar-refractivity contribution in [3.8, 4) is 0 Å². The number of aromatic nitrogens is 2. The van der Waals surface area contributed by atoms with Crippen LogP contribution in [0.5, 0.6) is 0 Å². The van der Waals surface area contributed by atoms with E-state index in [9.17, 15) is 13.2 Å². The molecule has 0 fully saturated rings. The summed E-state index contributed by atoms with van der Waals surface area (Å²) in [4.78, 5) is 11.0. The Morgan fingerprint density at radius 2 is 2.36 bits per heavy atom. The first-order valence-electron chi connectivity index (χ1n) is 3.89. The van der Waals surface area contributed by atoms with Gasteiger partial charge in [0.1, 0.15) is 5.75 Å². The lowest BCUT2D eigenvalue weighted by Gasteiger charge is -2.01. The third-order valence-corrected chi connectivity index (χ3v) is 2.22. The van der Waals surface area contributed by atoms with E-state index in [0.717, 1.165) is 11.8 Å². The number of nitrogens with zero attached hydrogens (tertiary/aromatic N) is 1. The molecule has 1 rings (SSSR count). The van der Waals surface area contributed by atoms with E-state index in [0.29, 0.717) is 0 Å².